The van der Waals surface area contributed by atoms with Crippen molar-refractivity contribution < 1.29 is 29.4 Å². The number of carboxylic acid groups (broad SMARTS) is 2. The quantitative estimate of drug-likeness (QED) is 0.392. The van der Waals surface area contributed by atoms with Crippen LogP contribution in [0, 0.1) is 23.3 Å². The Morgan fingerprint density at radius 3 is 1.89 bits per heavy atom. The number of rotatable bonds is 9. The maximum absolute atomic E-state index is 12.7. The SMILES string of the molecule is CCCC(CCC(N)=O)C(=O)Nc1c(C)c(C(=O)O)c(I)c(C(=O)O)c1C. The molecule has 0 aliphatic rings. The number of primary amides is 1. The first-order valence-electron chi connectivity index (χ1n) is 8.41. The van der Waals surface area contributed by atoms with Gasteiger partial charge in [-0.25, -0.2) is 9.59 Å². The summed E-state index contributed by atoms with van der Waals surface area (Å²) in [6, 6.07) is 0. The minimum absolute atomic E-state index is 0.0590. The summed E-state index contributed by atoms with van der Waals surface area (Å²) in [5.41, 5.74) is 5.60. The van der Waals surface area contributed by atoms with E-state index in [0.717, 1.165) is 0 Å². The molecule has 0 aliphatic heterocycles. The number of benzene rings is 1. The standard InChI is InChI=1S/C18H23IN2O6/c1-4-5-10(6-7-11(20)22)16(23)21-15-8(2)12(17(24)25)14(19)13(9(15)3)18(26)27/h10H,4-7H2,1-3H3,(H2,20,22)(H,21,23)(H,24,25)(H,26,27). The van der Waals surface area contributed by atoms with Crippen molar-refractivity contribution >= 4 is 52.0 Å². The second kappa shape index (κ2) is 9.67. The van der Waals surface area contributed by atoms with Crippen LogP contribution in [0.4, 0.5) is 5.69 Å². The van der Waals surface area contributed by atoms with Crippen LogP contribution in [0.5, 0.6) is 0 Å². The second-order valence-electron chi connectivity index (χ2n) is 6.28. The number of hydrogen-bond donors (Lipinski definition) is 4. The molecule has 1 atom stereocenters. The third-order valence-corrected chi connectivity index (χ3v) is 5.44. The molecule has 8 nitrogen and oxygen atoms in total. The van der Waals surface area contributed by atoms with Crippen LogP contribution in [0.2, 0.25) is 0 Å². The Hall–Kier alpha value is -2.17. The normalized spacial score (nSPS) is 11.7. The smallest absolute Gasteiger partial charge is 0.337 e. The van der Waals surface area contributed by atoms with Crippen molar-refractivity contribution in [1.82, 2.24) is 0 Å². The Balaban J connectivity index is 3.39. The van der Waals surface area contributed by atoms with Crippen molar-refractivity contribution in [2.45, 2.75) is 46.5 Å². The molecular formula is C18H23IN2O6. The van der Waals surface area contributed by atoms with Crippen molar-refractivity contribution in [2.24, 2.45) is 11.7 Å². The Morgan fingerprint density at radius 2 is 1.52 bits per heavy atom. The summed E-state index contributed by atoms with van der Waals surface area (Å²) in [7, 11) is 0. The number of carbonyl (C=O) groups excluding carboxylic acids is 2. The lowest BCUT2D eigenvalue weighted by atomic mass is 9.94. The molecule has 27 heavy (non-hydrogen) atoms. The van der Waals surface area contributed by atoms with Crippen LogP contribution in [0.15, 0.2) is 0 Å². The lowest BCUT2D eigenvalue weighted by molar-refractivity contribution is -0.121. The van der Waals surface area contributed by atoms with E-state index in [0.29, 0.717) is 12.8 Å². The summed E-state index contributed by atoms with van der Waals surface area (Å²) in [4.78, 5) is 47.0. The highest BCUT2D eigenvalue weighted by atomic mass is 127. The van der Waals surface area contributed by atoms with E-state index in [-0.39, 0.29) is 44.4 Å². The van der Waals surface area contributed by atoms with Crippen LogP contribution < -0.4 is 11.1 Å². The van der Waals surface area contributed by atoms with Gasteiger partial charge in [0, 0.05) is 21.6 Å². The van der Waals surface area contributed by atoms with Crippen molar-refractivity contribution in [3.8, 4) is 0 Å². The van der Waals surface area contributed by atoms with Crippen LogP contribution in [0.1, 0.15) is 64.4 Å². The predicted molar refractivity (Wildman–Crippen MR) is 108 cm³/mol. The molecule has 0 aliphatic carbocycles. The third kappa shape index (κ3) is 5.41. The van der Waals surface area contributed by atoms with Crippen molar-refractivity contribution in [2.75, 3.05) is 5.32 Å². The first-order valence-corrected chi connectivity index (χ1v) is 9.49. The summed E-state index contributed by atoms with van der Waals surface area (Å²) in [5.74, 6) is -3.92. The highest BCUT2D eigenvalue weighted by molar-refractivity contribution is 14.1. The fourth-order valence-electron chi connectivity index (χ4n) is 2.98. The van der Waals surface area contributed by atoms with Gasteiger partial charge in [-0.1, -0.05) is 13.3 Å². The van der Waals surface area contributed by atoms with Crippen LogP contribution >= 0.6 is 22.6 Å². The maximum atomic E-state index is 12.7. The highest BCUT2D eigenvalue weighted by Crippen LogP contribution is 2.33. The first kappa shape index (κ1) is 22.9. The van der Waals surface area contributed by atoms with Crippen LogP contribution in [-0.4, -0.2) is 34.0 Å². The molecule has 2 amide bonds. The molecule has 0 bridgehead atoms. The number of aromatic carboxylic acids is 2. The van der Waals surface area contributed by atoms with E-state index >= 15 is 0 Å². The minimum atomic E-state index is -1.27. The molecule has 1 rings (SSSR count). The van der Waals surface area contributed by atoms with E-state index in [9.17, 15) is 29.4 Å². The van der Waals surface area contributed by atoms with Crippen molar-refractivity contribution in [3.05, 3.63) is 25.8 Å². The molecule has 9 heteroatoms. The maximum Gasteiger partial charge on any atom is 0.337 e. The van der Waals surface area contributed by atoms with Gasteiger partial charge in [-0.15, -0.1) is 0 Å². The zero-order chi connectivity index (χ0) is 20.9. The zero-order valence-corrected chi connectivity index (χ0v) is 17.5. The molecule has 148 valence electrons. The summed E-state index contributed by atoms with van der Waals surface area (Å²) in [6.07, 6.45) is 1.57. The fraction of sp³-hybridized carbons (Fsp3) is 0.444. The Bertz CT molecular complexity index is 750. The van der Waals surface area contributed by atoms with Crippen molar-refractivity contribution in [3.63, 3.8) is 0 Å². The van der Waals surface area contributed by atoms with Gasteiger partial charge in [-0.05, 0) is 60.4 Å². The van der Waals surface area contributed by atoms with E-state index in [2.05, 4.69) is 5.32 Å². The number of carboxylic acids is 2. The van der Waals surface area contributed by atoms with E-state index in [1.807, 2.05) is 6.92 Å². The van der Waals surface area contributed by atoms with Gasteiger partial charge in [-0.2, -0.15) is 0 Å². The summed E-state index contributed by atoms with van der Waals surface area (Å²) < 4.78 is 0.111. The Morgan fingerprint density at radius 1 is 1.04 bits per heavy atom. The van der Waals surface area contributed by atoms with E-state index < -0.39 is 29.7 Å². The lowest BCUT2D eigenvalue weighted by Crippen LogP contribution is -2.26. The summed E-state index contributed by atoms with van der Waals surface area (Å²) in [5, 5.41) is 21.6. The molecule has 5 N–H and O–H groups in total. The molecule has 0 saturated carbocycles. The Kier molecular flexibility index (Phi) is 8.20. The number of nitrogens with two attached hydrogens (primary N) is 1. The average molecular weight is 490 g/mol. The molecule has 0 heterocycles. The van der Waals surface area contributed by atoms with E-state index in [1.54, 1.807) is 22.6 Å². The molecule has 0 spiro atoms. The molecule has 0 radical (unpaired) electrons. The van der Waals surface area contributed by atoms with Gasteiger partial charge < -0.3 is 21.3 Å². The lowest BCUT2D eigenvalue weighted by Gasteiger charge is -2.21. The molecule has 1 aromatic rings. The Labute approximate surface area is 170 Å². The topological polar surface area (TPSA) is 147 Å². The van der Waals surface area contributed by atoms with Gasteiger partial charge in [0.05, 0.1) is 11.1 Å². The number of nitrogens with one attached hydrogen (secondary N) is 1. The van der Waals surface area contributed by atoms with Gasteiger partial charge in [0.1, 0.15) is 0 Å². The van der Waals surface area contributed by atoms with Crippen LogP contribution in [0.3, 0.4) is 0 Å². The molecule has 0 aromatic heterocycles. The zero-order valence-electron chi connectivity index (χ0n) is 15.4. The van der Waals surface area contributed by atoms with Crippen LogP contribution in [-0.2, 0) is 9.59 Å². The second-order valence-corrected chi connectivity index (χ2v) is 7.36. The van der Waals surface area contributed by atoms with Gasteiger partial charge in [-0.3, -0.25) is 9.59 Å². The van der Waals surface area contributed by atoms with Gasteiger partial charge in [0.2, 0.25) is 11.8 Å². The molecule has 0 saturated heterocycles. The number of halogens is 1. The first-order chi connectivity index (χ1) is 12.5. The fourth-order valence-corrected chi connectivity index (χ4v) is 4.25. The van der Waals surface area contributed by atoms with Gasteiger partial charge in [0.25, 0.3) is 0 Å². The van der Waals surface area contributed by atoms with E-state index in [4.69, 9.17) is 5.73 Å². The predicted octanol–water partition coefficient (Wildman–Crippen LogP) is 2.92. The van der Waals surface area contributed by atoms with Gasteiger partial charge >= 0.3 is 11.9 Å². The van der Waals surface area contributed by atoms with E-state index in [1.165, 1.54) is 13.8 Å². The van der Waals surface area contributed by atoms with Gasteiger partial charge in [0.15, 0.2) is 0 Å². The monoisotopic (exact) mass is 490 g/mol. The summed E-state index contributed by atoms with van der Waals surface area (Å²) >= 11 is 1.69. The van der Waals surface area contributed by atoms with Crippen molar-refractivity contribution in [1.29, 1.82) is 0 Å². The van der Waals surface area contributed by atoms with Crippen LogP contribution in [0.25, 0.3) is 0 Å². The minimum Gasteiger partial charge on any atom is -0.478 e. The number of amides is 2. The number of carbonyl (C=O) groups is 4. The number of hydrogen-bond acceptors (Lipinski definition) is 4. The largest absolute Gasteiger partial charge is 0.478 e. The molecule has 1 aromatic carbocycles. The summed E-state index contributed by atoms with van der Waals surface area (Å²) in [6.45, 7) is 4.95. The average Bonchev–Trinajstić information content (AvgIpc) is 2.54. The molecule has 1 unspecified atom stereocenters. The number of anilines is 1. The highest BCUT2D eigenvalue weighted by Gasteiger charge is 2.28. The molecule has 0 fully saturated rings. The third-order valence-electron chi connectivity index (χ3n) is 4.36. The molecular weight excluding hydrogens is 467 g/mol.